The normalized spacial score (nSPS) is 19.2. The minimum atomic E-state index is -0.174. The molecule has 2 aliphatic heterocycles. The Morgan fingerprint density at radius 1 is 1.07 bits per heavy atom. The van der Waals surface area contributed by atoms with Crippen LogP contribution in [0.1, 0.15) is 44.2 Å². The van der Waals surface area contributed by atoms with E-state index in [4.69, 9.17) is 4.74 Å². The lowest BCUT2D eigenvalue weighted by molar-refractivity contribution is -0.132. The van der Waals surface area contributed by atoms with Gasteiger partial charge in [0.2, 0.25) is 5.91 Å². The van der Waals surface area contributed by atoms with Gasteiger partial charge in [-0.1, -0.05) is 36.4 Å². The monoisotopic (exact) mass is 407 g/mol. The number of hydrogen-bond donors (Lipinski definition) is 1. The van der Waals surface area contributed by atoms with E-state index < -0.39 is 0 Å². The molecule has 1 saturated heterocycles. The van der Waals surface area contributed by atoms with Crippen molar-refractivity contribution in [2.24, 2.45) is 0 Å². The standard InChI is InChI=1S/C25H33N3O2/c1-19(2)30-23-11-7-5-9-21(23)18-28-14-12-25(13-15-28)16-24(29)27(3)17-20-8-4-6-10-22(20)26-25/h4-11,19,26H,12-18H2,1-3H3. The Bertz CT molecular complexity index is 887. The Kier molecular flexibility index (Phi) is 6.00. The van der Waals surface area contributed by atoms with Gasteiger partial charge in [0, 0.05) is 56.4 Å². The van der Waals surface area contributed by atoms with E-state index in [0.29, 0.717) is 13.0 Å². The molecule has 2 aromatic carbocycles. The van der Waals surface area contributed by atoms with Crippen molar-refractivity contribution in [3.05, 3.63) is 59.7 Å². The molecule has 30 heavy (non-hydrogen) atoms. The van der Waals surface area contributed by atoms with Crippen molar-refractivity contribution < 1.29 is 9.53 Å². The van der Waals surface area contributed by atoms with Gasteiger partial charge in [0.1, 0.15) is 5.75 Å². The maximum absolute atomic E-state index is 12.8. The summed E-state index contributed by atoms with van der Waals surface area (Å²) in [5.74, 6) is 1.20. The van der Waals surface area contributed by atoms with E-state index in [0.717, 1.165) is 38.2 Å². The van der Waals surface area contributed by atoms with Crippen molar-refractivity contribution >= 4 is 11.6 Å². The first-order valence-corrected chi connectivity index (χ1v) is 11.0. The van der Waals surface area contributed by atoms with Gasteiger partial charge in [0.25, 0.3) is 0 Å². The van der Waals surface area contributed by atoms with Crippen molar-refractivity contribution in [3.63, 3.8) is 0 Å². The molecule has 0 unspecified atom stereocenters. The lowest BCUT2D eigenvalue weighted by Crippen LogP contribution is -2.52. The number of carbonyl (C=O) groups excluding carboxylic acids is 1. The van der Waals surface area contributed by atoms with E-state index in [2.05, 4.69) is 60.5 Å². The third-order valence-corrected chi connectivity index (χ3v) is 6.28. The van der Waals surface area contributed by atoms with Crippen molar-refractivity contribution in [1.82, 2.24) is 9.80 Å². The molecule has 0 atom stereocenters. The molecule has 2 heterocycles. The van der Waals surface area contributed by atoms with E-state index >= 15 is 0 Å². The summed E-state index contributed by atoms with van der Waals surface area (Å²) in [6.45, 7) is 7.59. The summed E-state index contributed by atoms with van der Waals surface area (Å²) in [5.41, 5.74) is 3.41. The van der Waals surface area contributed by atoms with Crippen LogP contribution in [0.4, 0.5) is 5.69 Å². The number of amides is 1. The zero-order valence-corrected chi connectivity index (χ0v) is 18.4. The number of ether oxygens (including phenoxy) is 1. The van der Waals surface area contributed by atoms with Crippen molar-refractivity contribution in [2.45, 2.75) is 57.8 Å². The van der Waals surface area contributed by atoms with E-state index in [1.54, 1.807) is 0 Å². The van der Waals surface area contributed by atoms with E-state index in [1.165, 1.54) is 16.8 Å². The minimum Gasteiger partial charge on any atom is -0.491 e. The van der Waals surface area contributed by atoms with Gasteiger partial charge < -0.3 is 15.0 Å². The van der Waals surface area contributed by atoms with Gasteiger partial charge in [0.15, 0.2) is 0 Å². The molecule has 1 amide bonds. The molecule has 4 rings (SSSR count). The van der Waals surface area contributed by atoms with Crippen LogP contribution in [0.5, 0.6) is 5.75 Å². The largest absolute Gasteiger partial charge is 0.491 e. The Balaban J connectivity index is 1.48. The van der Waals surface area contributed by atoms with Gasteiger partial charge in [-0.2, -0.15) is 0 Å². The first-order valence-electron chi connectivity index (χ1n) is 11.0. The second kappa shape index (κ2) is 8.68. The second-order valence-electron chi connectivity index (χ2n) is 9.04. The Hall–Kier alpha value is -2.53. The lowest BCUT2D eigenvalue weighted by atomic mass is 9.82. The molecule has 2 aromatic rings. The number of nitrogens with one attached hydrogen (secondary N) is 1. The zero-order chi connectivity index (χ0) is 21.1. The average molecular weight is 408 g/mol. The predicted molar refractivity (Wildman–Crippen MR) is 121 cm³/mol. The Morgan fingerprint density at radius 2 is 1.77 bits per heavy atom. The zero-order valence-electron chi connectivity index (χ0n) is 18.4. The molecule has 0 saturated carbocycles. The van der Waals surface area contributed by atoms with Crippen LogP contribution in [-0.4, -0.2) is 47.5 Å². The third-order valence-electron chi connectivity index (χ3n) is 6.28. The molecule has 1 N–H and O–H groups in total. The fourth-order valence-corrected chi connectivity index (χ4v) is 4.56. The van der Waals surface area contributed by atoms with Crippen LogP contribution >= 0.6 is 0 Å². The number of benzene rings is 2. The summed E-state index contributed by atoms with van der Waals surface area (Å²) in [5, 5.41) is 3.79. The molecule has 1 spiro atoms. The SMILES string of the molecule is CC(C)Oc1ccccc1CN1CCC2(CC1)CC(=O)N(C)Cc1ccccc1N2. The van der Waals surface area contributed by atoms with Gasteiger partial charge in [-0.25, -0.2) is 0 Å². The van der Waals surface area contributed by atoms with Gasteiger partial charge >= 0.3 is 0 Å². The van der Waals surface area contributed by atoms with E-state index in [-0.39, 0.29) is 17.6 Å². The summed E-state index contributed by atoms with van der Waals surface area (Å²) in [7, 11) is 1.92. The molecule has 160 valence electrons. The molecule has 5 heteroatoms. The quantitative estimate of drug-likeness (QED) is 0.822. The number of fused-ring (bicyclic) bond motifs is 1. The van der Waals surface area contributed by atoms with Crippen LogP contribution in [0.3, 0.4) is 0 Å². The molecule has 5 nitrogen and oxygen atoms in total. The van der Waals surface area contributed by atoms with E-state index in [9.17, 15) is 4.79 Å². The Morgan fingerprint density at radius 3 is 2.53 bits per heavy atom. The highest BCUT2D eigenvalue weighted by Gasteiger charge is 2.39. The fourth-order valence-electron chi connectivity index (χ4n) is 4.56. The van der Waals surface area contributed by atoms with Crippen LogP contribution in [0.15, 0.2) is 48.5 Å². The maximum atomic E-state index is 12.8. The predicted octanol–water partition coefficient (Wildman–Crippen LogP) is 4.28. The van der Waals surface area contributed by atoms with Crippen LogP contribution < -0.4 is 10.1 Å². The van der Waals surface area contributed by atoms with E-state index in [1.807, 2.05) is 24.1 Å². The molecule has 0 radical (unpaired) electrons. The number of likely N-dealkylation sites (tertiary alicyclic amines) is 1. The number of piperidine rings is 1. The number of rotatable bonds is 4. The molecule has 0 bridgehead atoms. The summed E-state index contributed by atoms with van der Waals surface area (Å²) < 4.78 is 6.00. The van der Waals surface area contributed by atoms with Crippen LogP contribution in [0.25, 0.3) is 0 Å². The van der Waals surface area contributed by atoms with Gasteiger partial charge in [-0.3, -0.25) is 9.69 Å². The number of nitrogens with zero attached hydrogens (tertiary/aromatic N) is 2. The van der Waals surface area contributed by atoms with Crippen LogP contribution in [-0.2, 0) is 17.9 Å². The molecule has 1 fully saturated rings. The van der Waals surface area contributed by atoms with Crippen LogP contribution in [0, 0.1) is 0 Å². The maximum Gasteiger partial charge on any atom is 0.224 e. The summed E-state index contributed by atoms with van der Waals surface area (Å²) in [6.07, 6.45) is 2.62. The molecule has 0 aromatic heterocycles. The summed E-state index contributed by atoms with van der Waals surface area (Å²) >= 11 is 0. The molecular weight excluding hydrogens is 374 g/mol. The number of hydrogen-bond acceptors (Lipinski definition) is 4. The number of para-hydroxylation sites is 2. The smallest absolute Gasteiger partial charge is 0.224 e. The minimum absolute atomic E-state index is 0.165. The summed E-state index contributed by atoms with van der Waals surface area (Å²) in [4.78, 5) is 17.2. The lowest BCUT2D eigenvalue weighted by Gasteiger charge is -2.45. The molecular formula is C25H33N3O2. The Labute approximate surface area is 180 Å². The summed E-state index contributed by atoms with van der Waals surface area (Å²) in [6, 6.07) is 16.7. The third kappa shape index (κ3) is 4.62. The first-order chi connectivity index (χ1) is 14.4. The van der Waals surface area contributed by atoms with Crippen molar-refractivity contribution in [2.75, 3.05) is 25.5 Å². The number of anilines is 1. The van der Waals surface area contributed by atoms with Crippen molar-refractivity contribution in [3.8, 4) is 5.75 Å². The second-order valence-corrected chi connectivity index (χ2v) is 9.04. The van der Waals surface area contributed by atoms with Crippen molar-refractivity contribution in [1.29, 1.82) is 0 Å². The van der Waals surface area contributed by atoms with Gasteiger partial charge in [0.05, 0.1) is 6.10 Å². The number of carbonyl (C=O) groups is 1. The highest BCUT2D eigenvalue weighted by atomic mass is 16.5. The first kappa shape index (κ1) is 20.7. The van der Waals surface area contributed by atoms with Gasteiger partial charge in [-0.15, -0.1) is 0 Å². The topological polar surface area (TPSA) is 44.8 Å². The average Bonchev–Trinajstić information content (AvgIpc) is 2.71. The molecule has 0 aliphatic carbocycles. The fraction of sp³-hybridized carbons (Fsp3) is 0.480. The molecule has 2 aliphatic rings. The van der Waals surface area contributed by atoms with Gasteiger partial charge in [-0.05, 0) is 44.4 Å². The van der Waals surface area contributed by atoms with Crippen LogP contribution in [0.2, 0.25) is 0 Å². The highest BCUT2D eigenvalue weighted by Crippen LogP contribution is 2.35. The highest BCUT2D eigenvalue weighted by molar-refractivity contribution is 5.79.